The minimum atomic E-state index is -0.720. The molecule has 128 valence electrons. The van der Waals surface area contributed by atoms with Gasteiger partial charge in [-0.05, 0) is 44.9 Å². The van der Waals surface area contributed by atoms with E-state index in [9.17, 15) is 14.7 Å². The molecule has 2 N–H and O–H groups in total. The number of carboxylic acid groups (broad SMARTS) is 2. The van der Waals surface area contributed by atoms with E-state index < -0.39 is 11.9 Å². The Labute approximate surface area is 134 Å². The van der Waals surface area contributed by atoms with E-state index in [-0.39, 0.29) is 11.3 Å². The van der Waals surface area contributed by atoms with Gasteiger partial charge in [-0.3, -0.25) is 9.59 Å². The van der Waals surface area contributed by atoms with Crippen molar-refractivity contribution in [1.82, 2.24) is 0 Å². The molecule has 0 amide bonds. The number of aliphatic carboxylic acids is 2. The largest absolute Gasteiger partial charge is 0.481 e. The summed E-state index contributed by atoms with van der Waals surface area (Å²) in [7, 11) is 0. The van der Waals surface area contributed by atoms with Gasteiger partial charge < -0.3 is 10.2 Å². The van der Waals surface area contributed by atoms with Gasteiger partial charge in [0.2, 0.25) is 0 Å². The third-order valence-corrected chi connectivity index (χ3v) is 3.67. The van der Waals surface area contributed by atoms with Gasteiger partial charge in [0.1, 0.15) is 0 Å². The van der Waals surface area contributed by atoms with Crippen LogP contribution in [0.3, 0.4) is 0 Å². The highest BCUT2D eigenvalue weighted by Gasteiger charge is 2.34. The number of carboxylic acids is 2. The van der Waals surface area contributed by atoms with Gasteiger partial charge in [-0.2, -0.15) is 0 Å². The second-order valence-electron chi connectivity index (χ2n) is 5.97. The predicted molar refractivity (Wildman–Crippen MR) is 90.9 cm³/mol. The molecule has 0 heterocycles. The Morgan fingerprint density at radius 2 is 1.77 bits per heavy atom. The molecule has 2 atom stereocenters. The lowest BCUT2D eigenvalue weighted by atomic mass is 9.72. The second-order valence-corrected chi connectivity index (χ2v) is 5.97. The SMILES string of the molecule is C=CC(C)(CCC=C(C)C)C(CC)C(=O)O.CCCC(=O)O. The van der Waals surface area contributed by atoms with Crippen LogP contribution in [0.5, 0.6) is 0 Å². The molecule has 0 aromatic heterocycles. The van der Waals surface area contributed by atoms with Gasteiger partial charge in [-0.25, -0.2) is 0 Å². The zero-order valence-corrected chi connectivity index (χ0v) is 14.7. The van der Waals surface area contributed by atoms with Crippen molar-refractivity contribution in [3.05, 3.63) is 24.3 Å². The van der Waals surface area contributed by atoms with E-state index in [2.05, 4.69) is 26.5 Å². The summed E-state index contributed by atoms with van der Waals surface area (Å²) >= 11 is 0. The third-order valence-electron chi connectivity index (χ3n) is 3.67. The van der Waals surface area contributed by atoms with Crippen molar-refractivity contribution < 1.29 is 19.8 Å². The highest BCUT2D eigenvalue weighted by atomic mass is 16.4. The van der Waals surface area contributed by atoms with Crippen LogP contribution in [0.2, 0.25) is 0 Å². The van der Waals surface area contributed by atoms with Gasteiger partial charge in [-0.1, -0.05) is 38.5 Å². The molecule has 2 unspecified atom stereocenters. The minimum Gasteiger partial charge on any atom is -0.481 e. The molecular weight excluding hydrogens is 280 g/mol. The molecule has 0 rings (SSSR count). The second kappa shape index (κ2) is 12.0. The fraction of sp³-hybridized carbons (Fsp3) is 0.667. The molecule has 0 saturated carbocycles. The first-order chi connectivity index (χ1) is 10.1. The molecule has 0 aromatic rings. The highest BCUT2D eigenvalue weighted by Crippen LogP contribution is 2.36. The Balaban J connectivity index is 0. The molecule has 22 heavy (non-hydrogen) atoms. The molecule has 0 aromatic carbocycles. The van der Waals surface area contributed by atoms with E-state index in [0.29, 0.717) is 12.8 Å². The predicted octanol–water partition coefficient (Wildman–Crippen LogP) is 4.91. The molecular formula is C18H32O4. The van der Waals surface area contributed by atoms with Crippen LogP contribution in [-0.2, 0) is 9.59 Å². The fourth-order valence-corrected chi connectivity index (χ4v) is 2.23. The zero-order valence-electron chi connectivity index (χ0n) is 14.7. The van der Waals surface area contributed by atoms with Gasteiger partial charge >= 0.3 is 11.9 Å². The Morgan fingerprint density at radius 3 is 2.00 bits per heavy atom. The summed E-state index contributed by atoms with van der Waals surface area (Å²) in [5.41, 5.74) is 0.960. The summed E-state index contributed by atoms with van der Waals surface area (Å²) in [5.74, 6) is -1.77. The maximum absolute atomic E-state index is 11.2. The first kappa shape index (κ1) is 22.7. The first-order valence-corrected chi connectivity index (χ1v) is 7.86. The Hall–Kier alpha value is -1.58. The van der Waals surface area contributed by atoms with Gasteiger partial charge in [0.25, 0.3) is 0 Å². The van der Waals surface area contributed by atoms with Crippen LogP contribution in [-0.4, -0.2) is 22.2 Å². The van der Waals surface area contributed by atoms with E-state index in [1.807, 2.05) is 20.8 Å². The molecule has 0 aliphatic rings. The standard InChI is InChI=1S/C14H24O2.C4H8O2/c1-6-12(13(15)16)14(5,7-2)10-8-9-11(3)4;1-2-3-4(5)6/h7,9,12H,2,6,8,10H2,1,3-5H3,(H,15,16);2-3H2,1H3,(H,5,6). The Bertz CT molecular complexity index is 381. The lowest BCUT2D eigenvalue weighted by molar-refractivity contribution is -0.145. The van der Waals surface area contributed by atoms with Crippen LogP contribution < -0.4 is 0 Å². The highest BCUT2D eigenvalue weighted by molar-refractivity contribution is 5.71. The van der Waals surface area contributed by atoms with Crippen molar-refractivity contribution >= 4 is 11.9 Å². The van der Waals surface area contributed by atoms with Gasteiger partial charge in [0.15, 0.2) is 0 Å². The van der Waals surface area contributed by atoms with Gasteiger partial charge in [0, 0.05) is 6.42 Å². The topological polar surface area (TPSA) is 74.6 Å². The van der Waals surface area contributed by atoms with Crippen molar-refractivity contribution in [2.24, 2.45) is 11.3 Å². The van der Waals surface area contributed by atoms with E-state index in [0.717, 1.165) is 19.3 Å². The molecule has 0 radical (unpaired) electrons. The van der Waals surface area contributed by atoms with E-state index >= 15 is 0 Å². The average molecular weight is 312 g/mol. The minimum absolute atomic E-state index is 0.292. The molecule has 0 aliphatic heterocycles. The molecule has 4 heteroatoms. The van der Waals surface area contributed by atoms with Gasteiger partial charge in [-0.15, -0.1) is 6.58 Å². The number of hydrogen-bond donors (Lipinski definition) is 2. The summed E-state index contributed by atoms with van der Waals surface area (Å²) in [6.45, 7) is 13.7. The number of allylic oxidation sites excluding steroid dienone is 3. The summed E-state index contributed by atoms with van der Waals surface area (Å²) in [6, 6.07) is 0. The summed E-state index contributed by atoms with van der Waals surface area (Å²) in [6.07, 6.45) is 7.37. The first-order valence-electron chi connectivity index (χ1n) is 7.86. The van der Waals surface area contributed by atoms with E-state index in [4.69, 9.17) is 5.11 Å². The van der Waals surface area contributed by atoms with Gasteiger partial charge in [0.05, 0.1) is 5.92 Å². The zero-order chi connectivity index (χ0) is 17.8. The molecule has 0 spiro atoms. The van der Waals surface area contributed by atoms with Crippen LogP contribution in [0.15, 0.2) is 24.3 Å². The monoisotopic (exact) mass is 312 g/mol. The summed E-state index contributed by atoms with van der Waals surface area (Å²) in [5, 5.41) is 17.1. The van der Waals surface area contributed by atoms with Crippen LogP contribution in [0.1, 0.15) is 66.7 Å². The maximum Gasteiger partial charge on any atom is 0.307 e. The molecule has 0 saturated heterocycles. The van der Waals surface area contributed by atoms with Crippen molar-refractivity contribution in [2.45, 2.75) is 66.7 Å². The average Bonchev–Trinajstić information content (AvgIpc) is 2.39. The number of rotatable bonds is 9. The Morgan fingerprint density at radius 1 is 1.23 bits per heavy atom. The lowest BCUT2D eigenvalue weighted by Gasteiger charge is -2.31. The Kier molecular flexibility index (Phi) is 12.4. The van der Waals surface area contributed by atoms with Crippen LogP contribution in [0.4, 0.5) is 0 Å². The van der Waals surface area contributed by atoms with E-state index in [1.165, 1.54) is 5.57 Å². The molecule has 0 aliphatic carbocycles. The lowest BCUT2D eigenvalue weighted by Crippen LogP contribution is -2.31. The van der Waals surface area contributed by atoms with Crippen molar-refractivity contribution in [2.75, 3.05) is 0 Å². The molecule has 0 bridgehead atoms. The normalized spacial score (nSPS) is 13.9. The van der Waals surface area contributed by atoms with Crippen LogP contribution in [0, 0.1) is 11.3 Å². The number of hydrogen-bond acceptors (Lipinski definition) is 2. The summed E-state index contributed by atoms with van der Waals surface area (Å²) < 4.78 is 0. The maximum atomic E-state index is 11.2. The fourth-order valence-electron chi connectivity index (χ4n) is 2.23. The number of carbonyl (C=O) groups is 2. The van der Waals surface area contributed by atoms with Crippen molar-refractivity contribution in [3.8, 4) is 0 Å². The van der Waals surface area contributed by atoms with Crippen LogP contribution >= 0.6 is 0 Å². The van der Waals surface area contributed by atoms with Crippen LogP contribution in [0.25, 0.3) is 0 Å². The quantitative estimate of drug-likeness (QED) is 0.593. The molecule has 0 fully saturated rings. The summed E-state index contributed by atoms with van der Waals surface area (Å²) in [4.78, 5) is 20.8. The third kappa shape index (κ3) is 10.2. The smallest absolute Gasteiger partial charge is 0.307 e. The van der Waals surface area contributed by atoms with Crippen molar-refractivity contribution in [3.63, 3.8) is 0 Å². The van der Waals surface area contributed by atoms with E-state index in [1.54, 1.807) is 6.08 Å². The van der Waals surface area contributed by atoms with Crippen molar-refractivity contribution in [1.29, 1.82) is 0 Å². The molecule has 4 nitrogen and oxygen atoms in total.